The molecule has 1 aromatic rings. The summed E-state index contributed by atoms with van der Waals surface area (Å²) in [6, 6.07) is 0. The maximum absolute atomic E-state index is 5.54. The van der Waals surface area contributed by atoms with Crippen LogP contribution >= 0.6 is 12.6 Å². The maximum Gasteiger partial charge on any atom is 0.206 e. The van der Waals surface area contributed by atoms with Gasteiger partial charge in [0.25, 0.3) is 0 Å². The predicted octanol–water partition coefficient (Wildman–Crippen LogP) is 0.505. The van der Waals surface area contributed by atoms with Gasteiger partial charge in [0.2, 0.25) is 5.16 Å². The summed E-state index contributed by atoms with van der Waals surface area (Å²) in [5.74, 6) is 0. The molecule has 2 heterocycles. The van der Waals surface area contributed by atoms with Crippen LogP contribution in [0, 0.1) is 0 Å². The second kappa shape index (κ2) is 5.43. The Kier molecular flexibility index (Phi) is 3.93. The van der Waals surface area contributed by atoms with Crippen molar-refractivity contribution in [1.82, 2.24) is 20.2 Å². The second-order valence-electron chi connectivity index (χ2n) is 3.37. The molecule has 1 aliphatic heterocycles. The lowest BCUT2D eigenvalue weighted by Gasteiger charge is -2.22. The van der Waals surface area contributed by atoms with Crippen LogP contribution in [-0.4, -0.2) is 39.7 Å². The first-order valence-corrected chi connectivity index (χ1v) is 5.49. The Bertz CT molecular complexity index is 301. The number of hydrogen-bond acceptors (Lipinski definition) is 6. The Morgan fingerprint density at radius 1 is 1.53 bits per heavy atom. The van der Waals surface area contributed by atoms with E-state index < -0.39 is 0 Å². The van der Waals surface area contributed by atoms with Gasteiger partial charge in [0.1, 0.15) is 0 Å². The third-order valence-electron chi connectivity index (χ3n) is 2.26. The van der Waals surface area contributed by atoms with Gasteiger partial charge in [-0.25, -0.2) is 4.68 Å². The van der Waals surface area contributed by atoms with Crippen molar-refractivity contribution in [3.63, 3.8) is 0 Å². The van der Waals surface area contributed by atoms with Gasteiger partial charge in [-0.3, -0.25) is 0 Å². The molecule has 2 rings (SSSR count). The van der Waals surface area contributed by atoms with Gasteiger partial charge in [0, 0.05) is 6.61 Å². The first kappa shape index (κ1) is 10.8. The van der Waals surface area contributed by atoms with Crippen molar-refractivity contribution in [3.05, 3.63) is 0 Å². The fraction of sp³-hybridized carbons (Fsp3) is 0.875. The summed E-state index contributed by atoms with van der Waals surface area (Å²) in [7, 11) is 0. The molecule has 1 aromatic heterocycles. The zero-order valence-electron chi connectivity index (χ0n) is 8.37. The van der Waals surface area contributed by atoms with Crippen molar-refractivity contribution in [2.45, 2.75) is 37.3 Å². The van der Waals surface area contributed by atoms with Crippen LogP contribution in [0.2, 0.25) is 0 Å². The van der Waals surface area contributed by atoms with Crippen molar-refractivity contribution in [3.8, 4) is 0 Å². The molecular weight excluding hydrogens is 216 g/mol. The lowest BCUT2D eigenvalue weighted by atomic mass is 10.2. The maximum atomic E-state index is 5.54. The van der Waals surface area contributed by atoms with Crippen molar-refractivity contribution in [2.75, 3.05) is 13.2 Å². The molecule has 0 amide bonds. The fourth-order valence-corrected chi connectivity index (χ4v) is 1.64. The number of tetrazole rings is 1. The highest BCUT2D eigenvalue weighted by Gasteiger charge is 2.13. The molecule has 0 aromatic carbocycles. The van der Waals surface area contributed by atoms with Gasteiger partial charge in [-0.15, -0.1) is 17.7 Å². The van der Waals surface area contributed by atoms with Gasteiger partial charge < -0.3 is 9.47 Å². The predicted molar refractivity (Wildman–Crippen MR) is 54.6 cm³/mol. The van der Waals surface area contributed by atoms with Gasteiger partial charge in [-0.05, 0) is 29.7 Å². The molecule has 0 radical (unpaired) electrons. The minimum absolute atomic E-state index is 0.0569. The van der Waals surface area contributed by atoms with Gasteiger partial charge in [-0.2, -0.15) is 0 Å². The topological polar surface area (TPSA) is 62.1 Å². The highest BCUT2D eigenvalue weighted by molar-refractivity contribution is 7.80. The fourth-order valence-electron chi connectivity index (χ4n) is 1.46. The smallest absolute Gasteiger partial charge is 0.206 e. The molecule has 0 aliphatic carbocycles. The molecule has 1 saturated heterocycles. The van der Waals surface area contributed by atoms with Gasteiger partial charge >= 0.3 is 0 Å². The molecule has 1 atom stereocenters. The molecule has 84 valence electrons. The van der Waals surface area contributed by atoms with E-state index in [1.807, 2.05) is 0 Å². The number of nitrogens with zero attached hydrogens (tertiary/aromatic N) is 4. The molecule has 1 aliphatic rings. The highest BCUT2D eigenvalue weighted by atomic mass is 32.1. The van der Waals surface area contributed by atoms with Gasteiger partial charge in [0.15, 0.2) is 6.29 Å². The van der Waals surface area contributed by atoms with E-state index in [2.05, 4.69) is 28.2 Å². The minimum Gasteiger partial charge on any atom is -0.353 e. The summed E-state index contributed by atoms with van der Waals surface area (Å²) in [6.45, 7) is 1.95. The third-order valence-corrected chi connectivity index (χ3v) is 2.58. The standard InChI is InChI=1S/C8H14N4O2S/c15-8-9-10-11-12(8)4-6-14-7-3-1-2-5-13-7/h7H,1-6H2,(H,9,11,15). The van der Waals surface area contributed by atoms with Crippen LogP contribution in [0.15, 0.2) is 5.16 Å². The Labute approximate surface area is 93.3 Å². The van der Waals surface area contributed by atoms with Gasteiger partial charge in [-0.1, -0.05) is 0 Å². The summed E-state index contributed by atoms with van der Waals surface area (Å²) < 4.78 is 12.6. The van der Waals surface area contributed by atoms with E-state index in [0.29, 0.717) is 18.3 Å². The molecule has 7 heteroatoms. The molecule has 0 bridgehead atoms. The number of hydrogen-bond donors (Lipinski definition) is 1. The lowest BCUT2D eigenvalue weighted by Crippen LogP contribution is -2.24. The van der Waals surface area contributed by atoms with Crippen molar-refractivity contribution in [1.29, 1.82) is 0 Å². The largest absolute Gasteiger partial charge is 0.353 e. The van der Waals surface area contributed by atoms with Gasteiger partial charge in [0.05, 0.1) is 13.2 Å². The summed E-state index contributed by atoms with van der Waals surface area (Å²) in [6.07, 6.45) is 3.23. The first-order chi connectivity index (χ1) is 7.36. The van der Waals surface area contributed by atoms with Crippen molar-refractivity contribution < 1.29 is 9.47 Å². The van der Waals surface area contributed by atoms with E-state index in [1.54, 1.807) is 4.68 Å². The SMILES string of the molecule is Sc1nnnn1CCOC1CCCCO1. The second-order valence-corrected chi connectivity index (χ2v) is 3.77. The molecule has 0 spiro atoms. The van der Waals surface area contributed by atoms with Crippen LogP contribution < -0.4 is 0 Å². The highest BCUT2D eigenvalue weighted by Crippen LogP contribution is 2.13. The number of thiol groups is 1. The van der Waals surface area contributed by atoms with Crippen LogP contribution in [0.3, 0.4) is 0 Å². The van der Waals surface area contributed by atoms with Crippen LogP contribution in [0.5, 0.6) is 0 Å². The summed E-state index contributed by atoms with van der Waals surface area (Å²) >= 11 is 4.09. The quantitative estimate of drug-likeness (QED) is 0.763. The zero-order valence-corrected chi connectivity index (χ0v) is 9.27. The monoisotopic (exact) mass is 230 g/mol. The average Bonchev–Trinajstić information content (AvgIpc) is 2.66. The van der Waals surface area contributed by atoms with E-state index in [0.717, 1.165) is 19.4 Å². The Balaban J connectivity index is 1.68. The van der Waals surface area contributed by atoms with Crippen molar-refractivity contribution >= 4 is 12.6 Å². The molecule has 1 unspecified atom stereocenters. The Morgan fingerprint density at radius 3 is 3.13 bits per heavy atom. The molecular formula is C8H14N4O2S. The Morgan fingerprint density at radius 2 is 2.47 bits per heavy atom. The van der Waals surface area contributed by atoms with Crippen LogP contribution in [-0.2, 0) is 16.0 Å². The normalized spacial score (nSPS) is 21.8. The number of ether oxygens (including phenoxy) is 2. The molecule has 15 heavy (non-hydrogen) atoms. The zero-order chi connectivity index (χ0) is 10.5. The van der Waals surface area contributed by atoms with E-state index >= 15 is 0 Å². The summed E-state index contributed by atoms with van der Waals surface area (Å²) in [4.78, 5) is 0. The molecule has 0 N–H and O–H groups in total. The van der Waals surface area contributed by atoms with E-state index in [4.69, 9.17) is 9.47 Å². The van der Waals surface area contributed by atoms with Crippen molar-refractivity contribution in [2.24, 2.45) is 0 Å². The van der Waals surface area contributed by atoms with E-state index in [-0.39, 0.29) is 6.29 Å². The summed E-state index contributed by atoms with van der Waals surface area (Å²) in [5, 5.41) is 11.4. The molecule has 1 fully saturated rings. The number of rotatable bonds is 4. The third kappa shape index (κ3) is 3.15. The summed E-state index contributed by atoms with van der Waals surface area (Å²) in [5.41, 5.74) is 0. The lowest BCUT2D eigenvalue weighted by molar-refractivity contribution is -0.164. The van der Waals surface area contributed by atoms with Crippen LogP contribution in [0.25, 0.3) is 0 Å². The first-order valence-electron chi connectivity index (χ1n) is 5.04. The van der Waals surface area contributed by atoms with E-state index in [1.165, 1.54) is 6.42 Å². The average molecular weight is 230 g/mol. The molecule has 6 nitrogen and oxygen atoms in total. The van der Waals surface area contributed by atoms with Crippen LogP contribution in [0.4, 0.5) is 0 Å². The molecule has 0 saturated carbocycles. The minimum atomic E-state index is -0.0569. The van der Waals surface area contributed by atoms with Crippen LogP contribution in [0.1, 0.15) is 19.3 Å². The van der Waals surface area contributed by atoms with E-state index in [9.17, 15) is 0 Å². The number of aromatic nitrogens is 4. The Hall–Kier alpha value is -0.660.